The van der Waals surface area contributed by atoms with E-state index < -0.39 is 5.41 Å². The average molecular weight is 596 g/mol. The van der Waals surface area contributed by atoms with E-state index in [1.54, 1.807) is 0 Å². The van der Waals surface area contributed by atoms with Crippen LogP contribution in [0.5, 0.6) is 0 Å². The number of pyridine rings is 3. The van der Waals surface area contributed by atoms with Gasteiger partial charge < -0.3 is 0 Å². The highest BCUT2D eigenvalue weighted by atomic mass is 14.8. The van der Waals surface area contributed by atoms with Crippen LogP contribution in [-0.2, 0) is 5.41 Å². The van der Waals surface area contributed by atoms with Crippen molar-refractivity contribution < 1.29 is 0 Å². The van der Waals surface area contributed by atoms with Crippen LogP contribution in [0.3, 0.4) is 0 Å². The number of rotatable bonds is 1. The average Bonchev–Trinajstić information content (AvgIpc) is 3.60. The quantitative estimate of drug-likeness (QED) is 0.177. The van der Waals surface area contributed by atoms with E-state index in [2.05, 4.69) is 133 Å². The van der Waals surface area contributed by atoms with Crippen LogP contribution in [0.25, 0.3) is 77.0 Å². The highest BCUT2D eigenvalue weighted by molar-refractivity contribution is 6.12. The molecule has 3 nitrogen and oxygen atoms in total. The minimum atomic E-state index is -0.546. The Labute approximate surface area is 270 Å². The molecule has 2 aliphatic carbocycles. The number of aromatic nitrogens is 3. The molecule has 0 fully saturated rings. The molecule has 0 amide bonds. The summed E-state index contributed by atoms with van der Waals surface area (Å²) in [5.74, 6) is 0. The Morgan fingerprint density at radius 2 is 1.06 bits per heavy atom. The van der Waals surface area contributed by atoms with E-state index in [9.17, 15) is 0 Å². The van der Waals surface area contributed by atoms with Gasteiger partial charge in [0, 0.05) is 34.1 Å². The van der Waals surface area contributed by atoms with Crippen molar-refractivity contribution in [1.29, 1.82) is 0 Å². The molecule has 3 heteroatoms. The van der Waals surface area contributed by atoms with Crippen LogP contribution in [0.15, 0.2) is 152 Å². The maximum Gasteiger partial charge on any atom is 0.0972 e. The lowest BCUT2D eigenvalue weighted by Crippen LogP contribution is -2.26. The van der Waals surface area contributed by atoms with E-state index in [1.807, 2.05) is 18.5 Å². The van der Waals surface area contributed by atoms with Gasteiger partial charge in [-0.2, -0.15) is 0 Å². The fourth-order valence-corrected chi connectivity index (χ4v) is 8.59. The molecule has 2 aliphatic rings. The van der Waals surface area contributed by atoms with E-state index in [-0.39, 0.29) is 0 Å². The Bertz CT molecular complexity index is 2770. The monoisotopic (exact) mass is 595 g/mol. The highest BCUT2D eigenvalue weighted by Gasteiger charge is 2.53. The SMILES string of the molecule is c1ccc2c(c1)-c1ccccc1C21c2cc3ccc4cccnc4c3nc2-c2c1cc(-c1ccc3ccccc3c1)c1cccnc21. The first-order chi connectivity index (χ1) is 23.3. The molecule has 0 saturated heterocycles. The second kappa shape index (κ2) is 8.96. The van der Waals surface area contributed by atoms with Crippen LogP contribution in [0.2, 0.25) is 0 Å². The lowest BCUT2D eigenvalue weighted by atomic mass is 9.70. The standard InChI is InChI=1S/C44H25N3/c1-2-10-28-23-29(19-17-26(28)9-1)34-25-37-39(42-33(34)14-8-22-46-42)43-38(24-30-20-18-27-11-7-21-45-40(27)41(30)47-43)44(37)35-15-5-3-12-31(35)32-13-4-6-16-36(32)44/h1-25H. The van der Waals surface area contributed by atoms with Gasteiger partial charge in [0.05, 0.1) is 27.7 Å². The molecule has 0 bridgehead atoms. The summed E-state index contributed by atoms with van der Waals surface area (Å²) in [6, 6.07) is 50.8. The Morgan fingerprint density at radius 3 is 1.89 bits per heavy atom. The second-order valence-corrected chi connectivity index (χ2v) is 12.7. The molecule has 3 heterocycles. The van der Waals surface area contributed by atoms with Gasteiger partial charge in [-0.3, -0.25) is 9.97 Å². The maximum atomic E-state index is 5.58. The zero-order valence-corrected chi connectivity index (χ0v) is 25.3. The molecular weight excluding hydrogens is 571 g/mol. The van der Waals surface area contributed by atoms with Crippen molar-refractivity contribution in [2.24, 2.45) is 0 Å². The maximum absolute atomic E-state index is 5.58. The summed E-state index contributed by atoms with van der Waals surface area (Å²) >= 11 is 0. The molecule has 0 aliphatic heterocycles. The van der Waals surface area contributed by atoms with E-state index in [0.29, 0.717) is 0 Å². The van der Waals surface area contributed by atoms with Crippen LogP contribution < -0.4 is 0 Å². The van der Waals surface area contributed by atoms with Gasteiger partial charge in [0.1, 0.15) is 0 Å². The molecule has 0 radical (unpaired) electrons. The molecule has 6 aromatic carbocycles. The van der Waals surface area contributed by atoms with Gasteiger partial charge in [0.15, 0.2) is 0 Å². The van der Waals surface area contributed by atoms with Crippen LogP contribution in [-0.4, -0.2) is 15.0 Å². The highest BCUT2D eigenvalue weighted by Crippen LogP contribution is 2.64. The van der Waals surface area contributed by atoms with Gasteiger partial charge in [-0.25, -0.2) is 4.98 Å². The van der Waals surface area contributed by atoms with Gasteiger partial charge in [-0.05, 0) is 85.6 Å². The third kappa shape index (κ3) is 3.13. The van der Waals surface area contributed by atoms with E-state index in [4.69, 9.17) is 15.0 Å². The van der Waals surface area contributed by atoms with Crippen LogP contribution in [0, 0.1) is 0 Å². The predicted molar refractivity (Wildman–Crippen MR) is 192 cm³/mol. The first kappa shape index (κ1) is 25.1. The third-order valence-electron chi connectivity index (χ3n) is 10.5. The van der Waals surface area contributed by atoms with Crippen molar-refractivity contribution in [1.82, 2.24) is 15.0 Å². The summed E-state index contributed by atoms with van der Waals surface area (Å²) in [6.45, 7) is 0. The van der Waals surface area contributed by atoms with Gasteiger partial charge in [0.25, 0.3) is 0 Å². The molecule has 0 saturated carbocycles. The predicted octanol–water partition coefficient (Wildman–Crippen LogP) is 10.5. The molecule has 9 aromatic rings. The van der Waals surface area contributed by atoms with Gasteiger partial charge in [-0.1, -0.05) is 109 Å². The third-order valence-corrected chi connectivity index (χ3v) is 10.5. The smallest absolute Gasteiger partial charge is 0.0972 e. The minimum absolute atomic E-state index is 0.546. The van der Waals surface area contributed by atoms with Crippen molar-refractivity contribution in [2.45, 2.75) is 5.41 Å². The fourth-order valence-electron chi connectivity index (χ4n) is 8.59. The van der Waals surface area contributed by atoms with Crippen molar-refractivity contribution in [3.63, 3.8) is 0 Å². The summed E-state index contributed by atoms with van der Waals surface area (Å²) in [5, 5.41) is 5.77. The Hall–Kier alpha value is -6.19. The molecule has 0 unspecified atom stereocenters. The number of nitrogens with zero attached hydrogens (tertiary/aromatic N) is 3. The number of fused-ring (bicyclic) bond motifs is 16. The van der Waals surface area contributed by atoms with Gasteiger partial charge >= 0.3 is 0 Å². The van der Waals surface area contributed by atoms with E-state index in [0.717, 1.165) is 44.0 Å². The lowest BCUT2D eigenvalue weighted by molar-refractivity contribution is 0.794. The fraction of sp³-hybridized carbons (Fsp3) is 0.0227. The first-order valence-electron chi connectivity index (χ1n) is 16.1. The van der Waals surface area contributed by atoms with E-state index >= 15 is 0 Å². The minimum Gasteiger partial charge on any atom is -0.256 e. The Kier molecular flexibility index (Phi) is 4.78. The first-order valence-corrected chi connectivity index (χ1v) is 16.1. The van der Waals surface area contributed by atoms with Gasteiger partial charge in [-0.15, -0.1) is 0 Å². The van der Waals surface area contributed by atoms with E-state index in [1.165, 1.54) is 55.3 Å². The normalized spacial score (nSPS) is 13.7. The Balaban J connectivity index is 1.35. The van der Waals surface area contributed by atoms with Crippen molar-refractivity contribution in [3.8, 4) is 33.5 Å². The van der Waals surface area contributed by atoms with Crippen LogP contribution in [0.1, 0.15) is 22.3 Å². The topological polar surface area (TPSA) is 38.7 Å². The molecule has 0 N–H and O–H groups in total. The summed E-state index contributed by atoms with van der Waals surface area (Å²) in [6.07, 6.45) is 3.79. The second-order valence-electron chi connectivity index (χ2n) is 12.7. The largest absolute Gasteiger partial charge is 0.256 e. The zero-order valence-electron chi connectivity index (χ0n) is 25.3. The summed E-state index contributed by atoms with van der Waals surface area (Å²) < 4.78 is 0. The summed E-state index contributed by atoms with van der Waals surface area (Å²) in [5.41, 5.74) is 14.3. The number of hydrogen-bond donors (Lipinski definition) is 0. The van der Waals surface area contributed by atoms with Gasteiger partial charge in [0.2, 0.25) is 0 Å². The zero-order chi connectivity index (χ0) is 30.7. The Morgan fingerprint density at radius 1 is 0.404 bits per heavy atom. The molecule has 3 aromatic heterocycles. The summed E-state index contributed by atoms with van der Waals surface area (Å²) in [4.78, 5) is 15.5. The molecule has 47 heavy (non-hydrogen) atoms. The van der Waals surface area contributed by atoms with Crippen LogP contribution in [0.4, 0.5) is 0 Å². The lowest BCUT2D eigenvalue weighted by Gasteiger charge is -2.30. The number of benzene rings is 6. The molecule has 216 valence electrons. The summed E-state index contributed by atoms with van der Waals surface area (Å²) in [7, 11) is 0. The molecular formula is C44H25N3. The van der Waals surface area contributed by atoms with Crippen molar-refractivity contribution in [2.75, 3.05) is 0 Å². The molecule has 1 spiro atoms. The molecule has 0 atom stereocenters. The van der Waals surface area contributed by atoms with Crippen molar-refractivity contribution >= 4 is 43.5 Å². The number of hydrogen-bond acceptors (Lipinski definition) is 3. The molecule has 11 rings (SSSR count). The van der Waals surface area contributed by atoms with Crippen molar-refractivity contribution in [3.05, 3.63) is 174 Å². The van der Waals surface area contributed by atoms with Crippen LogP contribution >= 0.6 is 0 Å².